The van der Waals surface area contributed by atoms with Crippen LogP contribution in [0.1, 0.15) is 29.7 Å². The lowest BCUT2D eigenvalue weighted by atomic mass is 9.97. The zero-order chi connectivity index (χ0) is 18.2. The molecule has 0 atom stereocenters. The molecule has 5 nitrogen and oxygen atoms in total. The van der Waals surface area contributed by atoms with Crippen LogP contribution in [-0.2, 0) is 6.54 Å². The van der Waals surface area contributed by atoms with Crippen LogP contribution in [0.2, 0.25) is 5.02 Å². The summed E-state index contributed by atoms with van der Waals surface area (Å²) < 4.78 is 6.65. The van der Waals surface area contributed by atoms with E-state index in [4.69, 9.17) is 21.1 Å². The number of aromatic nitrogens is 3. The van der Waals surface area contributed by atoms with Gasteiger partial charge in [0.2, 0.25) is 11.7 Å². The van der Waals surface area contributed by atoms with Crippen LogP contribution in [0, 0.1) is 0 Å². The van der Waals surface area contributed by atoms with Gasteiger partial charge >= 0.3 is 0 Å². The van der Waals surface area contributed by atoms with Crippen molar-refractivity contribution >= 4 is 44.5 Å². The fourth-order valence-corrected chi connectivity index (χ4v) is 5.38. The van der Waals surface area contributed by atoms with Crippen LogP contribution in [0.3, 0.4) is 0 Å². The zero-order valence-electron chi connectivity index (χ0n) is 14.5. The van der Waals surface area contributed by atoms with Crippen LogP contribution in [0.5, 0.6) is 0 Å². The lowest BCUT2D eigenvalue weighted by molar-refractivity contribution is 0.181. The fourth-order valence-electron chi connectivity index (χ4n) is 3.45. The van der Waals surface area contributed by atoms with Gasteiger partial charge in [-0.15, -0.1) is 22.7 Å². The third kappa shape index (κ3) is 3.65. The number of hydrogen-bond acceptors (Lipinski definition) is 7. The predicted molar refractivity (Wildman–Crippen MR) is 109 cm³/mol. The number of nitrogens with zero attached hydrogens (tertiary/aromatic N) is 4. The van der Waals surface area contributed by atoms with Crippen molar-refractivity contribution in [1.82, 2.24) is 20.0 Å². The number of likely N-dealkylation sites (tertiary alicyclic amines) is 1. The summed E-state index contributed by atoms with van der Waals surface area (Å²) >= 11 is 9.50. The molecule has 1 saturated heterocycles. The molecule has 0 unspecified atom stereocenters. The highest BCUT2D eigenvalue weighted by Crippen LogP contribution is 2.35. The standard InChI is InChI=1S/C19H17ClN4OS2/c20-13-3-4-15-14(10-13)21-19(27-15)12-5-7-24(8-6-12)11-17-22-18(23-25-17)16-2-1-9-26-16/h1-4,9-10,12H,5-8,11H2. The van der Waals surface area contributed by atoms with Crippen molar-refractivity contribution in [3.05, 3.63) is 51.6 Å². The van der Waals surface area contributed by atoms with Gasteiger partial charge in [0.15, 0.2) is 0 Å². The van der Waals surface area contributed by atoms with Crippen molar-refractivity contribution in [2.24, 2.45) is 0 Å². The first-order valence-corrected chi connectivity index (χ1v) is 11.0. The van der Waals surface area contributed by atoms with Crippen molar-refractivity contribution in [3.63, 3.8) is 0 Å². The zero-order valence-corrected chi connectivity index (χ0v) is 16.9. The molecule has 0 aliphatic carbocycles. The molecule has 0 radical (unpaired) electrons. The Morgan fingerprint density at radius 1 is 1.19 bits per heavy atom. The maximum atomic E-state index is 6.08. The molecule has 3 aromatic heterocycles. The van der Waals surface area contributed by atoms with Crippen LogP contribution in [0.4, 0.5) is 0 Å². The van der Waals surface area contributed by atoms with Crippen LogP contribution in [0.15, 0.2) is 40.2 Å². The average Bonchev–Trinajstić information content (AvgIpc) is 3.42. The summed E-state index contributed by atoms with van der Waals surface area (Å²) in [6, 6.07) is 9.96. The summed E-state index contributed by atoms with van der Waals surface area (Å²) in [6.45, 7) is 2.73. The molecular weight excluding hydrogens is 400 g/mol. The Balaban J connectivity index is 1.22. The molecule has 0 amide bonds. The monoisotopic (exact) mass is 416 g/mol. The van der Waals surface area contributed by atoms with Crippen LogP contribution in [0.25, 0.3) is 20.9 Å². The SMILES string of the molecule is Clc1ccc2sc(C3CCN(Cc4nc(-c5cccs5)no4)CC3)nc2c1. The second kappa shape index (κ2) is 7.31. The van der Waals surface area contributed by atoms with E-state index in [0.717, 1.165) is 41.3 Å². The first-order chi connectivity index (χ1) is 13.2. The Morgan fingerprint density at radius 3 is 2.89 bits per heavy atom. The van der Waals surface area contributed by atoms with E-state index in [-0.39, 0.29) is 0 Å². The molecule has 0 N–H and O–H groups in total. The number of thiazole rings is 1. The van der Waals surface area contributed by atoms with Gasteiger partial charge in [-0.2, -0.15) is 4.98 Å². The molecule has 1 fully saturated rings. The van der Waals surface area contributed by atoms with Gasteiger partial charge in [-0.1, -0.05) is 22.8 Å². The molecular formula is C19H17ClN4OS2. The van der Waals surface area contributed by atoms with Crippen LogP contribution < -0.4 is 0 Å². The summed E-state index contributed by atoms with van der Waals surface area (Å²) in [5, 5.41) is 8.09. The highest BCUT2D eigenvalue weighted by molar-refractivity contribution is 7.18. The number of piperidine rings is 1. The topological polar surface area (TPSA) is 55.1 Å². The molecule has 1 aliphatic heterocycles. The molecule has 1 aromatic carbocycles. The smallest absolute Gasteiger partial charge is 0.241 e. The van der Waals surface area contributed by atoms with E-state index < -0.39 is 0 Å². The van der Waals surface area contributed by atoms with E-state index in [1.807, 2.05) is 29.6 Å². The molecule has 4 heterocycles. The quantitative estimate of drug-likeness (QED) is 0.443. The number of thiophene rings is 1. The number of fused-ring (bicyclic) bond motifs is 1. The van der Waals surface area contributed by atoms with Crippen molar-refractivity contribution in [1.29, 1.82) is 0 Å². The summed E-state index contributed by atoms with van der Waals surface area (Å²) in [7, 11) is 0. The third-order valence-electron chi connectivity index (χ3n) is 4.87. The Hall–Kier alpha value is -1.80. The molecule has 0 saturated carbocycles. The highest BCUT2D eigenvalue weighted by Gasteiger charge is 2.24. The molecule has 4 aromatic rings. The van der Waals surface area contributed by atoms with Gasteiger partial charge in [-0.05, 0) is 55.6 Å². The van der Waals surface area contributed by atoms with E-state index in [2.05, 4.69) is 21.1 Å². The molecule has 5 rings (SSSR count). The predicted octanol–water partition coefficient (Wildman–Crippen LogP) is 5.44. The molecule has 0 bridgehead atoms. The van der Waals surface area contributed by atoms with E-state index in [1.165, 1.54) is 9.71 Å². The van der Waals surface area contributed by atoms with Crippen molar-refractivity contribution in [3.8, 4) is 10.7 Å². The van der Waals surface area contributed by atoms with Gasteiger partial charge in [0.05, 0.1) is 26.6 Å². The summed E-state index contributed by atoms with van der Waals surface area (Å²) in [4.78, 5) is 12.8. The van der Waals surface area contributed by atoms with E-state index in [1.54, 1.807) is 22.7 Å². The molecule has 138 valence electrons. The van der Waals surface area contributed by atoms with Crippen LogP contribution >= 0.6 is 34.3 Å². The summed E-state index contributed by atoms with van der Waals surface area (Å²) in [5.74, 6) is 1.89. The summed E-state index contributed by atoms with van der Waals surface area (Å²) in [6.07, 6.45) is 2.19. The van der Waals surface area contributed by atoms with Gasteiger partial charge < -0.3 is 4.52 Å². The second-order valence-electron chi connectivity index (χ2n) is 6.70. The Bertz CT molecular complexity index is 1050. The molecule has 8 heteroatoms. The van der Waals surface area contributed by atoms with Crippen molar-refractivity contribution in [2.45, 2.75) is 25.3 Å². The maximum Gasteiger partial charge on any atom is 0.241 e. The van der Waals surface area contributed by atoms with E-state index >= 15 is 0 Å². The van der Waals surface area contributed by atoms with Gasteiger partial charge in [0.1, 0.15) is 0 Å². The first kappa shape index (κ1) is 17.3. The third-order valence-corrected chi connectivity index (χ3v) is 7.17. The molecule has 0 spiro atoms. The lowest BCUT2D eigenvalue weighted by Gasteiger charge is -2.29. The molecule has 27 heavy (non-hydrogen) atoms. The van der Waals surface area contributed by atoms with E-state index in [9.17, 15) is 0 Å². The van der Waals surface area contributed by atoms with Crippen molar-refractivity contribution in [2.75, 3.05) is 13.1 Å². The van der Waals surface area contributed by atoms with Crippen LogP contribution in [-0.4, -0.2) is 33.1 Å². The minimum absolute atomic E-state index is 0.516. The first-order valence-electron chi connectivity index (χ1n) is 8.89. The lowest BCUT2D eigenvalue weighted by Crippen LogP contribution is -2.32. The normalized spacial score (nSPS) is 16.3. The average molecular weight is 417 g/mol. The van der Waals surface area contributed by atoms with Gasteiger partial charge in [0.25, 0.3) is 0 Å². The Morgan fingerprint density at radius 2 is 2.07 bits per heavy atom. The minimum Gasteiger partial charge on any atom is -0.338 e. The number of hydrogen-bond donors (Lipinski definition) is 0. The Kier molecular flexibility index (Phi) is 4.69. The van der Waals surface area contributed by atoms with Gasteiger partial charge in [-0.3, -0.25) is 4.90 Å². The minimum atomic E-state index is 0.516. The van der Waals surface area contributed by atoms with Gasteiger partial charge in [0, 0.05) is 10.9 Å². The van der Waals surface area contributed by atoms with E-state index in [0.29, 0.717) is 24.2 Å². The Labute approximate surface area is 169 Å². The fraction of sp³-hybridized carbons (Fsp3) is 0.316. The number of benzene rings is 1. The highest BCUT2D eigenvalue weighted by atomic mass is 35.5. The number of halogens is 1. The van der Waals surface area contributed by atoms with Gasteiger partial charge in [-0.25, -0.2) is 4.98 Å². The summed E-state index contributed by atoms with van der Waals surface area (Å²) in [5.41, 5.74) is 1.01. The maximum absolute atomic E-state index is 6.08. The number of rotatable bonds is 4. The largest absolute Gasteiger partial charge is 0.338 e. The van der Waals surface area contributed by atoms with Crippen molar-refractivity contribution < 1.29 is 4.52 Å². The second-order valence-corrected chi connectivity index (χ2v) is 9.15. The molecule has 1 aliphatic rings.